The maximum Gasteiger partial charge on any atom is 0.274 e. The van der Waals surface area contributed by atoms with Crippen molar-refractivity contribution in [3.05, 3.63) is 70.8 Å². The third-order valence-electron chi connectivity index (χ3n) is 13.9. The monoisotopic (exact) mass is 626 g/mol. The van der Waals surface area contributed by atoms with E-state index in [1.165, 1.54) is 76.2 Å². The lowest BCUT2D eigenvalue weighted by Crippen LogP contribution is -2.71. The van der Waals surface area contributed by atoms with Gasteiger partial charge in [-0.15, -0.1) is 0 Å². The summed E-state index contributed by atoms with van der Waals surface area (Å²) in [5.41, 5.74) is 7.71. The van der Waals surface area contributed by atoms with Crippen molar-refractivity contribution in [2.75, 3.05) is 0 Å². The molecule has 10 rings (SSSR count). The molecule has 0 radical (unpaired) electrons. The maximum atomic E-state index is 11.9. The summed E-state index contributed by atoms with van der Waals surface area (Å²) in [5.74, 6) is 4.00. The molecule has 8 aliphatic rings. The van der Waals surface area contributed by atoms with Gasteiger partial charge < -0.3 is 10.6 Å². The highest BCUT2D eigenvalue weighted by atomic mass is 16.5. The number of hydroxylamine groups is 2. The third-order valence-corrected chi connectivity index (χ3v) is 13.9. The molecule has 6 atom stereocenters. The van der Waals surface area contributed by atoms with Gasteiger partial charge in [0.15, 0.2) is 0 Å². The molecule has 8 aliphatic carbocycles. The summed E-state index contributed by atoms with van der Waals surface area (Å²) >= 11 is 0. The molecule has 0 aromatic heterocycles. The van der Waals surface area contributed by atoms with Crippen LogP contribution in [0.5, 0.6) is 0 Å². The van der Waals surface area contributed by atoms with Crippen molar-refractivity contribution in [3.8, 4) is 0 Å². The summed E-state index contributed by atoms with van der Waals surface area (Å²) in [6.45, 7) is 4.06. The second kappa shape index (κ2) is 11.4. The number of nitrogens with one attached hydrogen (secondary N) is 4. The Morgan fingerprint density at radius 1 is 0.717 bits per heavy atom. The summed E-state index contributed by atoms with van der Waals surface area (Å²) < 4.78 is 0. The Bertz CT molecular complexity index is 1450. The van der Waals surface area contributed by atoms with Crippen molar-refractivity contribution in [2.45, 2.75) is 102 Å². The molecule has 0 heterocycles. The Morgan fingerprint density at radius 2 is 1.24 bits per heavy atom. The van der Waals surface area contributed by atoms with Crippen LogP contribution in [0.3, 0.4) is 0 Å². The summed E-state index contributed by atoms with van der Waals surface area (Å²) in [6.07, 6.45) is 15.2. The molecule has 6 N–H and O–H groups in total. The minimum Gasteiger partial charge on any atom is -0.310 e. The van der Waals surface area contributed by atoms with Gasteiger partial charge >= 0.3 is 0 Å². The van der Waals surface area contributed by atoms with Crippen molar-refractivity contribution in [1.82, 2.24) is 21.6 Å². The Labute approximate surface area is 272 Å². The number of amides is 2. The first-order valence-electron chi connectivity index (χ1n) is 17.8. The van der Waals surface area contributed by atoms with Crippen molar-refractivity contribution >= 4 is 11.8 Å². The van der Waals surface area contributed by atoms with E-state index in [0.717, 1.165) is 54.2 Å². The number of carbonyl (C=O) groups is 2. The smallest absolute Gasteiger partial charge is 0.274 e. The molecular formula is C38H50N4O4. The lowest BCUT2D eigenvalue weighted by molar-refractivity contribution is -0.210. The van der Waals surface area contributed by atoms with Crippen LogP contribution in [0.1, 0.15) is 109 Å². The predicted octanol–water partition coefficient (Wildman–Crippen LogP) is 5.97. The fourth-order valence-corrected chi connectivity index (χ4v) is 13.1. The van der Waals surface area contributed by atoms with Crippen LogP contribution in [0.25, 0.3) is 0 Å². The molecule has 8 saturated carbocycles. The minimum atomic E-state index is -0.478. The first-order chi connectivity index (χ1) is 22.2. The average Bonchev–Trinajstić information content (AvgIpc) is 3.04. The highest BCUT2D eigenvalue weighted by Crippen LogP contribution is 2.74. The van der Waals surface area contributed by atoms with Crippen LogP contribution < -0.4 is 21.6 Å². The molecule has 2 aromatic rings. The van der Waals surface area contributed by atoms with E-state index < -0.39 is 11.8 Å². The minimum absolute atomic E-state index is 0.196. The van der Waals surface area contributed by atoms with E-state index in [-0.39, 0.29) is 5.54 Å². The van der Waals surface area contributed by atoms with Gasteiger partial charge in [0, 0.05) is 35.8 Å². The fraction of sp³-hybridized carbons (Fsp3) is 0.632. The molecule has 2 aromatic carbocycles. The zero-order valence-electron chi connectivity index (χ0n) is 27.1. The maximum absolute atomic E-state index is 11.9. The summed E-state index contributed by atoms with van der Waals surface area (Å²) in [5, 5.41) is 26.2. The molecule has 0 spiro atoms. The number of rotatable bonds is 10. The quantitative estimate of drug-likeness (QED) is 0.143. The lowest BCUT2D eigenvalue weighted by Gasteiger charge is -2.73. The van der Waals surface area contributed by atoms with Crippen LogP contribution in [0.4, 0.5) is 0 Å². The highest BCUT2D eigenvalue weighted by Gasteiger charge is 2.68. The van der Waals surface area contributed by atoms with Gasteiger partial charge in [0.05, 0.1) is 0 Å². The SMILES string of the molecule is CC(NCc1ccc(C(=O)NO)cc1)C12CC3CC(C1)CC(C1C4CC5CC(C4)CC1(NCc1ccc(C(=O)NO)cc1)C5)(C3)C2. The second-order valence-electron chi connectivity index (χ2n) is 16.7. The van der Waals surface area contributed by atoms with E-state index in [4.69, 9.17) is 10.4 Å². The molecule has 2 amide bonds. The topological polar surface area (TPSA) is 123 Å². The van der Waals surface area contributed by atoms with Gasteiger partial charge in [-0.05, 0) is 159 Å². The van der Waals surface area contributed by atoms with Crippen LogP contribution in [-0.4, -0.2) is 33.8 Å². The molecule has 6 unspecified atom stereocenters. The van der Waals surface area contributed by atoms with Crippen LogP contribution in [0.15, 0.2) is 48.5 Å². The fourth-order valence-electron chi connectivity index (χ4n) is 13.1. The molecule has 0 saturated heterocycles. The Balaban J connectivity index is 1.03. The standard InChI is InChI=1S/C38H50N4O4/c1-23(39-20-24-2-6-30(7-3-24)34(43)41-45)36-14-28-11-29(15-36)17-37(16-28,22-36)33-32-12-26-10-27(13-32)19-38(33,18-26)40-21-25-4-8-31(9-5-25)35(44)42-46/h2-9,23,26-29,32-33,39-40,45-46H,10-22H2,1H3,(H,41,43)(H,42,44). The van der Waals surface area contributed by atoms with Crippen molar-refractivity contribution in [2.24, 2.45) is 46.3 Å². The largest absolute Gasteiger partial charge is 0.310 e. The molecule has 8 heteroatoms. The van der Waals surface area contributed by atoms with Gasteiger partial charge in [-0.3, -0.25) is 20.0 Å². The molecule has 0 aliphatic heterocycles. The number of hydrogen-bond acceptors (Lipinski definition) is 6. The number of benzene rings is 2. The second-order valence-corrected chi connectivity index (χ2v) is 16.7. The third kappa shape index (κ3) is 5.11. The Morgan fingerprint density at radius 3 is 1.78 bits per heavy atom. The summed E-state index contributed by atoms with van der Waals surface area (Å²) in [7, 11) is 0. The van der Waals surface area contributed by atoms with E-state index in [1.54, 1.807) is 23.1 Å². The molecule has 246 valence electrons. The van der Waals surface area contributed by atoms with Crippen molar-refractivity contribution < 1.29 is 20.0 Å². The summed E-state index contributed by atoms with van der Waals surface area (Å²) in [4.78, 5) is 23.7. The van der Waals surface area contributed by atoms with Crippen LogP contribution in [0.2, 0.25) is 0 Å². The first-order valence-corrected chi connectivity index (χ1v) is 17.8. The molecule has 8 fully saturated rings. The van der Waals surface area contributed by atoms with Crippen LogP contribution in [0, 0.1) is 46.3 Å². The van der Waals surface area contributed by atoms with Crippen LogP contribution >= 0.6 is 0 Å². The number of carbonyl (C=O) groups excluding carboxylic acids is 2. The first kappa shape index (κ1) is 30.5. The Kier molecular flexibility index (Phi) is 7.59. The average molecular weight is 627 g/mol. The van der Waals surface area contributed by atoms with Gasteiger partial charge in [0.2, 0.25) is 0 Å². The van der Waals surface area contributed by atoms with E-state index in [2.05, 4.69) is 17.6 Å². The van der Waals surface area contributed by atoms with E-state index in [9.17, 15) is 9.59 Å². The predicted molar refractivity (Wildman–Crippen MR) is 174 cm³/mol. The zero-order valence-corrected chi connectivity index (χ0v) is 27.1. The number of hydrogen-bond donors (Lipinski definition) is 6. The van der Waals surface area contributed by atoms with E-state index in [1.807, 2.05) is 36.4 Å². The normalized spacial score (nSPS) is 38.9. The lowest BCUT2D eigenvalue weighted by atomic mass is 9.34. The van der Waals surface area contributed by atoms with Gasteiger partial charge in [-0.25, -0.2) is 11.0 Å². The van der Waals surface area contributed by atoms with E-state index in [0.29, 0.717) is 28.0 Å². The molecule has 46 heavy (non-hydrogen) atoms. The van der Waals surface area contributed by atoms with E-state index >= 15 is 0 Å². The van der Waals surface area contributed by atoms with Gasteiger partial charge in [0.1, 0.15) is 0 Å². The molecule has 8 nitrogen and oxygen atoms in total. The van der Waals surface area contributed by atoms with Crippen molar-refractivity contribution in [1.29, 1.82) is 0 Å². The molecule has 8 bridgehead atoms. The zero-order chi connectivity index (χ0) is 31.7. The Hall–Kier alpha value is -2.78. The van der Waals surface area contributed by atoms with Gasteiger partial charge in [-0.1, -0.05) is 24.3 Å². The molecular weight excluding hydrogens is 576 g/mol. The van der Waals surface area contributed by atoms with Gasteiger partial charge in [0.25, 0.3) is 11.8 Å². The van der Waals surface area contributed by atoms with Gasteiger partial charge in [-0.2, -0.15) is 0 Å². The summed E-state index contributed by atoms with van der Waals surface area (Å²) in [6, 6.07) is 15.7. The van der Waals surface area contributed by atoms with Crippen LogP contribution in [-0.2, 0) is 13.1 Å². The highest BCUT2D eigenvalue weighted by molar-refractivity contribution is 5.93. The van der Waals surface area contributed by atoms with Crippen molar-refractivity contribution in [3.63, 3.8) is 0 Å².